The van der Waals surface area contributed by atoms with Crippen LogP contribution in [0.3, 0.4) is 0 Å². The van der Waals surface area contributed by atoms with E-state index in [0.717, 1.165) is 0 Å². The largest absolute Gasteiger partial charge is 0.444 e. The van der Waals surface area contributed by atoms with Crippen LogP contribution in [0.4, 0.5) is 14.0 Å². The number of hydrogen-bond acceptors (Lipinski definition) is 5. The number of urea groups is 1. The maximum atomic E-state index is 14.0. The highest BCUT2D eigenvalue weighted by Crippen LogP contribution is 2.27. The summed E-state index contributed by atoms with van der Waals surface area (Å²) in [5.41, 5.74) is 6.14. The first-order chi connectivity index (χ1) is 15.4. The molecule has 2 heterocycles. The first-order valence-electron chi connectivity index (χ1n) is 10.8. The summed E-state index contributed by atoms with van der Waals surface area (Å²) in [6.07, 6.45) is -1.38. The fourth-order valence-electron chi connectivity index (χ4n) is 4.01. The molecule has 0 bridgehead atoms. The number of benzene rings is 1. The molecule has 1 fully saturated rings. The molecule has 33 heavy (non-hydrogen) atoms. The van der Waals surface area contributed by atoms with Crippen LogP contribution in [0.2, 0.25) is 0 Å². The molecule has 0 spiro atoms. The SMILES string of the molecule is C[C@H](NC(=O)NC(C)(C)C)C(=O)N1C[C@H](OC(=O)N2Cc3cccc(F)c3C2)CC1C(N)=O. The number of fused-ring (bicyclic) bond motifs is 1. The summed E-state index contributed by atoms with van der Waals surface area (Å²) in [5.74, 6) is -1.63. The number of hydrogen-bond donors (Lipinski definition) is 3. The average molecular weight is 464 g/mol. The lowest BCUT2D eigenvalue weighted by Gasteiger charge is -2.27. The molecule has 1 saturated heterocycles. The Morgan fingerprint density at radius 2 is 1.91 bits per heavy atom. The van der Waals surface area contributed by atoms with E-state index in [1.165, 1.54) is 22.8 Å². The standard InChI is InChI=1S/C22H30FN5O5/c1-12(25-20(31)26-22(2,3)4)19(30)28-10-14(8-17(28)18(24)29)33-21(32)27-9-13-6-5-7-16(23)15(13)11-27/h5-7,12,14,17H,8-11H2,1-4H3,(H2,24,29)(H2,25,26,31)/t12-,14+,17?/m0/s1. The van der Waals surface area contributed by atoms with Crippen molar-refractivity contribution in [3.05, 3.63) is 35.1 Å². The zero-order chi connectivity index (χ0) is 24.5. The van der Waals surface area contributed by atoms with Gasteiger partial charge in [0.05, 0.1) is 13.1 Å². The Kier molecular flexibility index (Phi) is 6.80. The molecule has 1 unspecified atom stereocenters. The summed E-state index contributed by atoms with van der Waals surface area (Å²) < 4.78 is 19.5. The van der Waals surface area contributed by atoms with Crippen LogP contribution < -0.4 is 16.4 Å². The molecule has 3 atom stereocenters. The maximum absolute atomic E-state index is 14.0. The predicted molar refractivity (Wildman–Crippen MR) is 116 cm³/mol. The number of nitrogens with two attached hydrogens (primary N) is 1. The van der Waals surface area contributed by atoms with Gasteiger partial charge in [0.2, 0.25) is 11.8 Å². The molecule has 10 nitrogen and oxygen atoms in total. The summed E-state index contributed by atoms with van der Waals surface area (Å²) in [6.45, 7) is 7.15. The van der Waals surface area contributed by atoms with E-state index in [9.17, 15) is 23.6 Å². The molecular formula is C22H30FN5O5. The van der Waals surface area contributed by atoms with Gasteiger partial charge >= 0.3 is 12.1 Å². The third kappa shape index (κ3) is 5.71. The number of nitrogens with zero attached hydrogens (tertiary/aromatic N) is 2. The zero-order valence-corrected chi connectivity index (χ0v) is 19.2. The highest BCUT2D eigenvalue weighted by Gasteiger charge is 2.42. The van der Waals surface area contributed by atoms with Crippen LogP contribution in [0.25, 0.3) is 0 Å². The van der Waals surface area contributed by atoms with Crippen LogP contribution >= 0.6 is 0 Å². The monoisotopic (exact) mass is 463 g/mol. The Morgan fingerprint density at radius 3 is 2.52 bits per heavy atom. The predicted octanol–water partition coefficient (Wildman–Crippen LogP) is 1.22. The van der Waals surface area contributed by atoms with E-state index in [2.05, 4.69) is 10.6 Å². The molecule has 180 valence electrons. The third-order valence-corrected chi connectivity index (χ3v) is 5.53. The molecule has 11 heteroatoms. The van der Waals surface area contributed by atoms with Crippen molar-refractivity contribution in [2.75, 3.05) is 6.54 Å². The van der Waals surface area contributed by atoms with Gasteiger partial charge in [-0.1, -0.05) is 12.1 Å². The molecule has 0 aliphatic carbocycles. The smallest absolute Gasteiger partial charge is 0.410 e. The van der Waals surface area contributed by atoms with Gasteiger partial charge in [-0.05, 0) is 39.3 Å². The lowest BCUT2D eigenvalue weighted by molar-refractivity contribution is -0.138. The molecule has 2 aliphatic rings. The van der Waals surface area contributed by atoms with Crippen molar-refractivity contribution in [1.29, 1.82) is 0 Å². The van der Waals surface area contributed by atoms with E-state index >= 15 is 0 Å². The second-order valence-electron chi connectivity index (χ2n) is 9.45. The average Bonchev–Trinajstić information content (AvgIpc) is 3.31. The quantitative estimate of drug-likeness (QED) is 0.617. The highest BCUT2D eigenvalue weighted by molar-refractivity contribution is 5.92. The molecule has 2 aliphatic heterocycles. The van der Waals surface area contributed by atoms with Crippen LogP contribution in [0, 0.1) is 5.82 Å². The van der Waals surface area contributed by atoms with Crippen molar-refractivity contribution < 1.29 is 28.3 Å². The lowest BCUT2D eigenvalue weighted by atomic mass is 10.1. The second-order valence-corrected chi connectivity index (χ2v) is 9.45. The number of carbonyl (C=O) groups is 4. The van der Waals surface area contributed by atoms with Crippen LogP contribution in [-0.2, 0) is 27.4 Å². The lowest BCUT2D eigenvalue weighted by Crippen LogP contribution is -2.55. The Bertz CT molecular complexity index is 963. The van der Waals surface area contributed by atoms with Crippen molar-refractivity contribution in [2.45, 2.75) is 70.9 Å². The van der Waals surface area contributed by atoms with Gasteiger partial charge in [-0.2, -0.15) is 0 Å². The van der Waals surface area contributed by atoms with E-state index in [1.807, 2.05) is 0 Å². The van der Waals surface area contributed by atoms with Crippen molar-refractivity contribution >= 4 is 23.9 Å². The Labute approximate surface area is 191 Å². The number of halogens is 1. The third-order valence-electron chi connectivity index (χ3n) is 5.53. The Hall–Kier alpha value is -3.37. The topological polar surface area (TPSA) is 134 Å². The Balaban J connectivity index is 1.61. The minimum Gasteiger partial charge on any atom is -0.444 e. The summed E-state index contributed by atoms with van der Waals surface area (Å²) in [5, 5.41) is 5.24. The number of amides is 5. The van der Waals surface area contributed by atoms with Gasteiger partial charge in [-0.15, -0.1) is 0 Å². The summed E-state index contributed by atoms with van der Waals surface area (Å²) in [6, 6.07) is 2.23. The number of likely N-dealkylation sites (tertiary alicyclic amines) is 1. The fraction of sp³-hybridized carbons (Fsp3) is 0.545. The van der Waals surface area contributed by atoms with Crippen LogP contribution in [0.1, 0.15) is 45.2 Å². The van der Waals surface area contributed by atoms with Gasteiger partial charge in [-0.25, -0.2) is 14.0 Å². The van der Waals surface area contributed by atoms with Gasteiger partial charge in [-0.3, -0.25) is 14.5 Å². The first kappa shape index (κ1) is 24.3. The van der Waals surface area contributed by atoms with Gasteiger partial charge < -0.3 is 26.0 Å². The van der Waals surface area contributed by atoms with Crippen molar-refractivity contribution in [2.24, 2.45) is 5.73 Å². The molecule has 0 saturated carbocycles. The van der Waals surface area contributed by atoms with E-state index in [-0.39, 0.29) is 31.9 Å². The van der Waals surface area contributed by atoms with Crippen LogP contribution in [0.5, 0.6) is 0 Å². The number of carbonyl (C=O) groups excluding carboxylic acids is 4. The molecule has 1 aromatic carbocycles. The summed E-state index contributed by atoms with van der Waals surface area (Å²) in [4.78, 5) is 52.2. The molecule has 1 aromatic rings. The van der Waals surface area contributed by atoms with Gasteiger partial charge in [0.15, 0.2) is 0 Å². The number of rotatable bonds is 4. The number of ether oxygens (including phenoxy) is 1. The zero-order valence-electron chi connectivity index (χ0n) is 19.2. The Morgan fingerprint density at radius 1 is 1.21 bits per heavy atom. The van der Waals surface area contributed by atoms with E-state index in [0.29, 0.717) is 11.1 Å². The normalized spacial score (nSPS) is 20.8. The summed E-state index contributed by atoms with van der Waals surface area (Å²) in [7, 11) is 0. The number of nitrogens with one attached hydrogen (secondary N) is 2. The van der Waals surface area contributed by atoms with Gasteiger partial charge in [0, 0.05) is 24.1 Å². The van der Waals surface area contributed by atoms with E-state index in [1.54, 1.807) is 32.9 Å². The van der Waals surface area contributed by atoms with Crippen molar-refractivity contribution in [3.63, 3.8) is 0 Å². The van der Waals surface area contributed by atoms with E-state index in [4.69, 9.17) is 10.5 Å². The van der Waals surface area contributed by atoms with Crippen LogP contribution in [0.15, 0.2) is 18.2 Å². The number of primary amides is 1. The van der Waals surface area contributed by atoms with Crippen molar-refractivity contribution in [1.82, 2.24) is 20.4 Å². The molecule has 3 rings (SSSR count). The molecule has 4 N–H and O–H groups in total. The summed E-state index contributed by atoms with van der Waals surface area (Å²) >= 11 is 0. The molecule has 0 radical (unpaired) electrons. The van der Waals surface area contributed by atoms with Gasteiger partial charge in [0.1, 0.15) is 24.0 Å². The second kappa shape index (κ2) is 9.24. The van der Waals surface area contributed by atoms with Gasteiger partial charge in [0.25, 0.3) is 0 Å². The maximum Gasteiger partial charge on any atom is 0.410 e. The minimum atomic E-state index is -0.974. The fourth-order valence-corrected chi connectivity index (χ4v) is 4.01. The first-order valence-corrected chi connectivity index (χ1v) is 10.8. The minimum absolute atomic E-state index is 0.0414. The molecule has 0 aromatic heterocycles. The molecular weight excluding hydrogens is 433 g/mol. The highest BCUT2D eigenvalue weighted by atomic mass is 19.1. The van der Waals surface area contributed by atoms with Crippen molar-refractivity contribution in [3.8, 4) is 0 Å². The van der Waals surface area contributed by atoms with E-state index < -0.39 is 47.7 Å². The molecule has 5 amide bonds. The van der Waals surface area contributed by atoms with Crippen LogP contribution in [-0.4, -0.2) is 64.0 Å².